The van der Waals surface area contributed by atoms with Crippen molar-refractivity contribution in [2.75, 3.05) is 5.75 Å². The second-order valence-electron chi connectivity index (χ2n) is 5.16. The number of hydrogen-bond donors (Lipinski definition) is 0. The quantitative estimate of drug-likeness (QED) is 0.764. The summed E-state index contributed by atoms with van der Waals surface area (Å²) < 4.78 is 5.61. The number of carbonyl (C=O) groups is 1. The van der Waals surface area contributed by atoms with Gasteiger partial charge in [0.05, 0.1) is 5.92 Å². The molecule has 1 aromatic carbocycles. The van der Waals surface area contributed by atoms with Gasteiger partial charge in [-0.15, -0.1) is 11.8 Å². The molecule has 2 aliphatic rings. The SMILES string of the molecule is O=C(OC1CCCC1)C1CSc2ccccc2C1. The Balaban J connectivity index is 1.62. The molecule has 18 heavy (non-hydrogen) atoms. The molecule has 0 spiro atoms. The summed E-state index contributed by atoms with van der Waals surface area (Å²) in [5, 5.41) is 0. The lowest BCUT2D eigenvalue weighted by molar-refractivity contribution is -0.152. The Morgan fingerprint density at radius 2 is 2.00 bits per heavy atom. The fraction of sp³-hybridized carbons (Fsp3) is 0.533. The van der Waals surface area contributed by atoms with E-state index < -0.39 is 0 Å². The van der Waals surface area contributed by atoms with Crippen molar-refractivity contribution >= 4 is 17.7 Å². The van der Waals surface area contributed by atoms with Gasteiger partial charge < -0.3 is 4.74 Å². The van der Waals surface area contributed by atoms with Crippen LogP contribution in [0.2, 0.25) is 0 Å². The van der Waals surface area contributed by atoms with Crippen molar-refractivity contribution in [3.63, 3.8) is 0 Å². The van der Waals surface area contributed by atoms with Gasteiger partial charge in [0.15, 0.2) is 0 Å². The van der Waals surface area contributed by atoms with Crippen molar-refractivity contribution in [2.24, 2.45) is 5.92 Å². The zero-order valence-electron chi connectivity index (χ0n) is 10.4. The fourth-order valence-electron chi connectivity index (χ4n) is 2.75. The zero-order valence-corrected chi connectivity index (χ0v) is 11.2. The largest absolute Gasteiger partial charge is 0.462 e. The molecule has 1 aliphatic heterocycles. The summed E-state index contributed by atoms with van der Waals surface area (Å²) in [7, 11) is 0. The molecule has 0 bridgehead atoms. The lowest BCUT2D eigenvalue weighted by Crippen LogP contribution is -2.28. The molecule has 96 valence electrons. The molecule has 1 unspecified atom stereocenters. The maximum Gasteiger partial charge on any atom is 0.310 e. The Bertz CT molecular complexity index is 438. The average molecular weight is 262 g/mol. The average Bonchev–Trinajstić information content (AvgIpc) is 2.91. The molecule has 3 rings (SSSR count). The van der Waals surface area contributed by atoms with Crippen molar-refractivity contribution in [3.8, 4) is 0 Å². The number of hydrogen-bond acceptors (Lipinski definition) is 3. The molecule has 0 radical (unpaired) electrons. The second kappa shape index (κ2) is 5.35. The first-order valence-corrected chi connectivity index (χ1v) is 7.72. The van der Waals surface area contributed by atoms with E-state index in [9.17, 15) is 4.79 Å². The molecule has 1 aromatic rings. The summed E-state index contributed by atoms with van der Waals surface area (Å²) in [6.45, 7) is 0. The monoisotopic (exact) mass is 262 g/mol. The van der Waals surface area contributed by atoms with Gasteiger partial charge in [-0.25, -0.2) is 0 Å². The van der Waals surface area contributed by atoms with E-state index >= 15 is 0 Å². The van der Waals surface area contributed by atoms with Gasteiger partial charge >= 0.3 is 5.97 Å². The van der Waals surface area contributed by atoms with Gasteiger partial charge in [0.1, 0.15) is 6.10 Å². The number of carbonyl (C=O) groups excluding carboxylic acids is 1. The predicted molar refractivity (Wildman–Crippen MR) is 72.7 cm³/mol. The van der Waals surface area contributed by atoms with Crippen molar-refractivity contribution in [2.45, 2.75) is 43.1 Å². The van der Waals surface area contributed by atoms with E-state index in [-0.39, 0.29) is 18.0 Å². The molecule has 1 saturated carbocycles. The van der Waals surface area contributed by atoms with Crippen LogP contribution in [0.15, 0.2) is 29.2 Å². The summed E-state index contributed by atoms with van der Waals surface area (Å²) in [6.07, 6.45) is 5.57. The highest BCUT2D eigenvalue weighted by Crippen LogP contribution is 2.33. The molecule has 3 heteroatoms. The maximum absolute atomic E-state index is 12.1. The van der Waals surface area contributed by atoms with Gasteiger partial charge in [0, 0.05) is 10.6 Å². The minimum Gasteiger partial charge on any atom is -0.462 e. The summed E-state index contributed by atoms with van der Waals surface area (Å²) in [5.41, 5.74) is 1.29. The highest BCUT2D eigenvalue weighted by molar-refractivity contribution is 7.99. The van der Waals surface area contributed by atoms with Crippen LogP contribution in [0.25, 0.3) is 0 Å². The van der Waals surface area contributed by atoms with Gasteiger partial charge in [0.2, 0.25) is 0 Å². The third-order valence-corrected chi connectivity index (χ3v) is 5.08. The van der Waals surface area contributed by atoms with Crippen LogP contribution in [-0.4, -0.2) is 17.8 Å². The predicted octanol–water partition coefficient (Wildman–Crippen LogP) is 3.44. The molecule has 1 heterocycles. The molecule has 2 nitrogen and oxygen atoms in total. The number of benzene rings is 1. The molecule has 0 N–H and O–H groups in total. The third-order valence-electron chi connectivity index (χ3n) is 3.80. The third kappa shape index (κ3) is 2.56. The fourth-order valence-corrected chi connectivity index (χ4v) is 3.89. The summed E-state index contributed by atoms with van der Waals surface area (Å²) in [5.74, 6) is 0.928. The van der Waals surface area contributed by atoms with E-state index in [2.05, 4.69) is 18.2 Å². The van der Waals surface area contributed by atoms with Gasteiger partial charge in [-0.1, -0.05) is 18.2 Å². The van der Waals surface area contributed by atoms with Crippen LogP contribution in [0.3, 0.4) is 0 Å². The number of ether oxygens (including phenoxy) is 1. The number of rotatable bonds is 2. The van der Waals surface area contributed by atoms with Crippen molar-refractivity contribution in [1.29, 1.82) is 0 Å². The van der Waals surface area contributed by atoms with Crippen LogP contribution in [0.1, 0.15) is 31.2 Å². The van der Waals surface area contributed by atoms with E-state index in [4.69, 9.17) is 4.74 Å². The lowest BCUT2D eigenvalue weighted by atomic mass is 10.0. The molecule has 0 saturated heterocycles. The van der Waals surface area contributed by atoms with E-state index in [0.29, 0.717) is 0 Å². The molecular weight excluding hydrogens is 244 g/mol. The highest BCUT2D eigenvalue weighted by Gasteiger charge is 2.29. The number of esters is 1. The lowest BCUT2D eigenvalue weighted by Gasteiger charge is -2.24. The Kier molecular flexibility index (Phi) is 3.59. The minimum atomic E-state index is 0.0175. The Hall–Kier alpha value is -0.960. The van der Waals surface area contributed by atoms with Crippen molar-refractivity contribution in [1.82, 2.24) is 0 Å². The molecule has 1 atom stereocenters. The van der Waals surface area contributed by atoms with E-state index in [1.807, 2.05) is 6.07 Å². The van der Waals surface area contributed by atoms with Crippen LogP contribution >= 0.6 is 11.8 Å². The molecule has 1 fully saturated rings. The zero-order chi connectivity index (χ0) is 12.4. The first-order valence-electron chi connectivity index (χ1n) is 6.74. The number of fused-ring (bicyclic) bond motifs is 1. The van der Waals surface area contributed by atoms with Gasteiger partial charge in [-0.05, 0) is 43.7 Å². The summed E-state index contributed by atoms with van der Waals surface area (Å²) >= 11 is 1.78. The Morgan fingerprint density at radius 3 is 2.83 bits per heavy atom. The van der Waals surface area contributed by atoms with E-state index in [0.717, 1.165) is 25.0 Å². The molecular formula is C15H18O2S. The molecule has 0 aromatic heterocycles. The summed E-state index contributed by atoms with van der Waals surface area (Å²) in [6, 6.07) is 8.36. The van der Waals surface area contributed by atoms with E-state index in [1.165, 1.54) is 23.3 Å². The topological polar surface area (TPSA) is 26.3 Å². The van der Waals surface area contributed by atoms with E-state index in [1.54, 1.807) is 11.8 Å². The van der Waals surface area contributed by atoms with Gasteiger partial charge in [-0.2, -0.15) is 0 Å². The smallest absolute Gasteiger partial charge is 0.310 e. The van der Waals surface area contributed by atoms with Crippen molar-refractivity contribution < 1.29 is 9.53 Å². The van der Waals surface area contributed by atoms with Gasteiger partial charge in [-0.3, -0.25) is 4.79 Å². The van der Waals surface area contributed by atoms with Crippen LogP contribution < -0.4 is 0 Å². The van der Waals surface area contributed by atoms with Crippen molar-refractivity contribution in [3.05, 3.63) is 29.8 Å². The van der Waals surface area contributed by atoms with Crippen LogP contribution in [0.4, 0.5) is 0 Å². The molecule has 1 aliphatic carbocycles. The minimum absolute atomic E-state index is 0.0175. The second-order valence-corrected chi connectivity index (χ2v) is 6.22. The first kappa shape index (κ1) is 12.1. The van der Waals surface area contributed by atoms with Crippen LogP contribution in [0.5, 0.6) is 0 Å². The standard InChI is InChI=1S/C15H18O2S/c16-15(17-13-6-2-3-7-13)12-9-11-5-1-4-8-14(11)18-10-12/h1,4-5,8,12-13H,2-3,6-7,9-10H2. The summed E-state index contributed by atoms with van der Waals surface area (Å²) in [4.78, 5) is 13.4. The Labute approximate surface area is 112 Å². The number of thioether (sulfide) groups is 1. The Morgan fingerprint density at radius 1 is 1.22 bits per heavy atom. The maximum atomic E-state index is 12.1. The van der Waals surface area contributed by atoms with Gasteiger partial charge in [0.25, 0.3) is 0 Å². The van der Waals surface area contributed by atoms with Crippen LogP contribution in [0, 0.1) is 5.92 Å². The van der Waals surface area contributed by atoms with Crippen LogP contribution in [-0.2, 0) is 16.0 Å². The molecule has 0 amide bonds. The first-order chi connectivity index (χ1) is 8.83. The highest BCUT2D eigenvalue weighted by atomic mass is 32.2. The normalized spacial score (nSPS) is 23.7.